The van der Waals surface area contributed by atoms with Crippen molar-refractivity contribution in [2.75, 3.05) is 13.6 Å². The number of thiazole rings is 1. The van der Waals surface area contributed by atoms with E-state index in [2.05, 4.69) is 4.98 Å². The molecule has 2 aromatic rings. The molecule has 0 amide bonds. The molecule has 0 bridgehead atoms. The Morgan fingerprint density at radius 2 is 2.26 bits per heavy atom. The van der Waals surface area contributed by atoms with Crippen LogP contribution in [-0.4, -0.2) is 29.3 Å². The minimum absolute atomic E-state index is 0.0666. The van der Waals surface area contributed by atoms with Gasteiger partial charge in [0.15, 0.2) is 5.78 Å². The average molecular weight is 295 g/mol. The molecule has 0 spiro atoms. The fraction of sp³-hybridized carbons (Fsp3) is 0.286. The Hall–Kier alpha value is -1.23. The summed E-state index contributed by atoms with van der Waals surface area (Å²) in [7, 11) is 1.91. The van der Waals surface area contributed by atoms with Crippen molar-refractivity contribution >= 4 is 28.7 Å². The van der Waals surface area contributed by atoms with Crippen LogP contribution in [0.2, 0.25) is 5.02 Å². The van der Waals surface area contributed by atoms with Crippen molar-refractivity contribution < 1.29 is 4.79 Å². The summed E-state index contributed by atoms with van der Waals surface area (Å²) in [6.45, 7) is 3.01. The molecule has 0 saturated carbocycles. The minimum atomic E-state index is 0.0666. The van der Waals surface area contributed by atoms with Crippen molar-refractivity contribution in [1.29, 1.82) is 0 Å². The van der Waals surface area contributed by atoms with E-state index < -0.39 is 0 Å². The predicted molar refractivity (Wildman–Crippen MR) is 79.0 cm³/mol. The van der Waals surface area contributed by atoms with E-state index in [0.717, 1.165) is 10.7 Å². The van der Waals surface area contributed by atoms with Gasteiger partial charge in [-0.2, -0.15) is 0 Å². The Balaban J connectivity index is 1.95. The second-order valence-corrected chi connectivity index (χ2v) is 5.96. The molecule has 2 rings (SSSR count). The van der Waals surface area contributed by atoms with E-state index >= 15 is 0 Å². The number of halogens is 1. The lowest BCUT2D eigenvalue weighted by atomic mass is 10.1. The number of aryl methyl sites for hydroxylation is 1. The molecular formula is C14H15ClN2OS. The van der Waals surface area contributed by atoms with Crippen LogP contribution in [0.1, 0.15) is 21.1 Å². The summed E-state index contributed by atoms with van der Waals surface area (Å²) in [5, 5.41) is 3.66. The van der Waals surface area contributed by atoms with Gasteiger partial charge in [-0.1, -0.05) is 23.7 Å². The zero-order valence-corrected chi connectivity index (χ0v) is 12.5. The first-order valence-electron chi connectivity index (χ1n) is 5.93. The van der Waals surface area contributed by atoms with Gasteiger partial charge >= 0.3 is 0 Å². The third-order valence-electron chi connectivity index (χ3n) is 2.66. The lowest BCUT2D eigenvalue weighted by molar-refractivity contribution is 0.0942. The van der Waals surface area contributed by atoms with Crippen molar-refractivity contribution in [2.45, 2.75) is 13.5 Å². The molecule has 0 radical (unpaired) electrons. The van der Waals surface area contributed by atoms with Crippen molar-refractivity contribution in [2.24, 2.45) is 0 Å². The maximum atomic E-state index is 12.1. The number of ketones is 1. The van der Waals surface area contributed by atoms with Gasteiger partial charge in [0.1, 0.15) is 0 Å². The van der Waals surface area contributed by atoms with Gasteiger partial charge in [-0.15, -0.1) is 11.3 Å². The van der Waals surface area contributed by atoms with Crippen LogP contribution < -0.4 is 0 Å². The van der Waals surface area contributed by atoms with E-state index in [9.17, 15) is 4.79 Å². The number of benzene rings is 1. The van der Waals surface area contributed by atoms with Gasteiger partial charge in [0.25, 0.3) is 0 Å². The SMILES string of the molecule is Cc1nc(CN(C)CC(=O)c2cccc(Cl)c2)cs1. The number of hydrogen-bond acceptors (Lipinski definition) is 4. The first kappa shape index (κ1) is 14.2. The zero-order chi connectivity index (χ0) is 13.8. The summed E-state index contributed by atoms with van der Waals surface area (Å²) in [5.41, 5.74) is 1.65. The average Bonchev–Trinajstić information content (AvgIpc) is 2.74. The van der Waals surface area contributed by atoms with Crippen LogP contribution in [0, 0.1) is 6.92 Å². The maximum Gasteiger partial charge on any atom is 0.176 e. The van der Waals surface area contributed by atoms with Gasteiger partial charge in [-0.3, -0.25) is 9.69 Å². The van der Waals surface area contributed by atoms with Gasteiger partial charge in [0, 0.05) is 22.5 Å². The topological polar surface area (TPSA) is 33.2 Å². The van der Waals surface area contributed by atoms with Gasteiger partial charge < -0.3 is 0 Å². The number of carbonyl (C=O) groups is 1. The summed E-state index contributed by atoms with van der Waals surface area (Å²) >= 11 is 7.51. The van der Waals surface area contributed by atoms with Crippen LogP contribution >= 0.6 is 22.9 Å². The number of rotatable bonds is 5. The van der Waals surface area contributed by atoms with Crippen molar-refractivity contribution in [3.63, 3.8) is 0 Å². The van der Waals surface area contributed by atoms with Crippen molar-refractivity contribution in [3.05, 3.63) is 50.9 Å². The smallest absolute Gasteiger partial charge is 0.176 e. The molecule has 0 aliphatic rings. The molecular weight excluding hydrogens is 280 g/mol. The molecule has 5 heteroatoms. The van der Waals surface area contributed by atoms with Crippen LogP contribution in [0.5, 0.6) is 0 Å². The summed E-state index contributed by atoms with van der Waals surface area (Å²) in [6, 6.07) is 7.04. The van der Waals surface area contributed by atoms with E-state index in [4.69, 9.17) is 11.6 Å². The van der Waals surface area contributed by atoms with Crippen molar-refractivity contribution in [3.8, 4) is 0 Å². The van der Waals surface area contributed by atoms with E-state index in [0.29, 0.717) is 23.7 Å². The van der Waals surface area contributed by atoms with E-state index in [1.807, 2.05) is 24.3 Å². The molecule has 1 aromatic heterocycles. The number of hydrogen-bond donors (Lipinski definition) is 0. The Bertz CT molecular complexity index is 582. The largest absolute Gasteiger partial charge is 0.293 e. The van der Waals surface area contributed by atoms with Gasteiger partial charge in [0.2, 0.25) is 0 Å². The first-order valence-corrected chi connectivity index (χ1v) is 7.18. The molecule has 0 N–H and O–H groups in total. The second kappa shape index (κ2) is 6.28. The lowest BCUT2D eigenvalue weighted by Crippen LogP contribution is -2.25. The molecule has 0 saturated heterocycles. The van der Waals surface area contributed by atoms with Crippen LogP contribution in [0.15, 0.2) is 29.6 Å². The predicted octanol–water partition coefficient (Wildman–Crippen LogP) is 3.42. The number of nitrogens with zero attached hydrogens (tertiary/aromatic N) is 2. The van der Waals surface area contributed by atoms with E-state index in [-0.39, 0.29) is 5.78 Å². The zero-order valence-electron chi connectivity index (χ0n) is 10.9. The quantitative estimate of drug-likeness (QED) is 0.792. The highest BCUT2D eigenvalue weighted by atomic mass is 35.5. The summed E-state index contributed by atoms with van der Waals surface area (Å²) in [4.78, 5) is 18.4. The maximum absolute atomic E-state index is 12.1. The molecule has 3 nitrogen and oxygen atoms in total. The number of aromatic nitrogens is 1. The lowest BCUT2D eigenvalue weighted by Gasteiger charge is -2.14. The molecule has 1 aromatic carbocycles. The molecule has 19 heavy (non-hydrogen) atoms. The van der Waals surface area contributed by atoms with Crippen LogP contribution in [-0.2, 0) is 6.54 Å². The third-order valence-corrected chi connectivity index (χ3v) is 3.72. The summed E-state index contributed by atoms with van der Waals surface area (Å²) in [6.07, 6.45) is 0. The van der Waals surface area contributed by atoms with Gasteiger partial charge in [0.05, 0.1) is 17.2 Å². The minimum Gasteiger partial charge on any atom is -0.293 e. The standard InChI is InChI=1S/C14H15ClN2OS/c1-10-16-13(9-19-10)7-17(2)8-14(18)11-4-3-5-12(15)6-11/h3-6,9H,7-8H2,1-2H3. The third kappa shape index (κ3) is 4.13. The fourth-order valence-corrected chi connectivity index (χ4v) is 2.61. The van der Waals surface area contributed by atoms with Crippen LogP contribution in [0.4, 0.5) is 0 Å². The molecule has 100 valence electrons. The highest BCUT2D eigenvalue weighted by Gasteiger charge is 2.11. The molecule has 0 aliphatic heterocycles. The Kier molecular flexibility index (Phi) is 4.69. The normalized spacial score (nSPS) is 10.9. The van der Waals surface area contributed by atoms with Crippen LogP contribution in [0.3, 0.4) is 0 Å². The van der Waals surface area contributed by atoms with Crippen LogP contribution in [0.25, 0.3) is 0 Å². The number of carbonyl (C=O) groups excluding carboxylic acids is 1. The highest BCUT2D eigenvalue weighted by molar-refractivity contribution is 7.09. The first-order chi connectivity index (χ1) is 9.04. The second-order valence-electron chi connectivity index (χ2n) is 4.46. The van der Waals surface area contributed by atoms with Gasteiger partial charge in [-0.05, 0) is 26.1 Å². The monoisotopic (exact) mass is 294 g/mol. The number of Topliss-reactive ketones (excluding diaryl/α,β-unsaturated/α-hetero) is 1. The molecule has 0 aliphatic carbocycles. The summed E-state index contributed by atoms with van der Waals surface area (Å²) in [5.74, 6) is 0.0666. The number of likely N-dealkylation sites (N-methyl/N-ethyl adjacent to an activating group) is 1. The molecule has 0 atom stereocenters. The Morgan fingerprint density at radius 1 is 1.47 bits per heavy atom. The molecule has 1 heterocycles. The Labute approximate surface area is 121 Å². The fourth-order valence-electron chi connectivity index (χ4n) is 1.81. The van der Waals surface area contributed by atoms with Gasteiger partial charge in [-0.25, -0.2) is 4.98 Å². The molecule has 0 fully saturated rings. The van der Waals surface area contributed by atoms with E-state index in [1.54, 1.807) is 35.6 Å². The Morgan fingerprint density at radius 3 is 2.89 bits per heavy atom. The van der Waals surface area contributed by atoms with E-state index in [1.165, 1.54) is 0 Å². The van der Waals surface area contributed by atoms with Crippen molar-refractivity contribution in [1.82, 2.24) is 9.88 Å². The highest BCUT2D eigenvalue weighted by Crippen LogP contribution is 2.13. The molecule has 0 unspecified atom stereocenters. The summed E-state index contributed by atoms with van der Waals surface area (Å²) < 4.78 is 0.